The maximum atomic E-state index is 4.33. The summed E-state index contributed by atoms with van der Waals surface area (Å²) >= 11 is 0. The standard InChI is InChI=1S/C16H27N3/c1-4-9-19(15-5-6-15)16-12-17-8-7-14(16)11-18-10-13(2)3/h7-8,12-13,15,18H,4-6,9-11H2,1-3H3. The molecule has 2 rings (SSSR count). The van der Waals surface area contributed by atoms with Crippen LogP contribution < -0.4 is 10.2 Å². The fourth-order valence-corrected chi connectivity index (χ4v) is 2.45. The van der Waals surface area contributed by atoms with Gasteiger partial charge >= 0.3 is 0 Å². The molecule has 0 radical (unpaired) electrons. The highest BCUT2D eigenvalue weighted by atomic mass is 15.2. The minimum Gasteiger partial charge on any atom is -0.367 e. The summed E-state index contributed by atoms with van der Waals surface area (Å²) in [6.45, 7) is 9.90. The molecule has 0 amide bonds. The smallest absolute Gasteiger partial charge is 0.0600 e. The summed E-state index contributed by atoms with van der Waals surface area (Å²) < 4.78 is 0. The van der Waals surface area contributed by atoms with Crippen LogP contribution in [0.25, 0.3) is 0 Å². The highest BCUT2D eigenvalue weighted by Crippen LogP contribution is 2.33. The zero-order valence-corrected chi connectivity index (χ0v) is 12.5. The van der Waals surface area contributed by atoms with Crippen LogP contribution in [-0.4, -0.2) is 24.1 Å². The van der Waals surface area contributed by atoms with Gasteiger partial charge in [0.1, 0.15) is 0 Å². The van der Waals surface area contributed by atoms with Crippen LogP contribution in [0, 0.1) is 5.92 Å². The molecule has 3 heteroatoms. The van der Waals surface area contributed by atoms with Crippen LogP contribution in [0.3, 0.4) is 0 Å². The maximum Gasteiger partial charge on any atom is 0.0600 e. The van der Waals surface area contributed by atoms with Gasteiger partial charge in [-0.25, -0.2) is 0 Å². The Morgan fingerprint density at radius 1 is 1.42 bits per heavy atom. The Morgan fingerprint density at radius 3 is 2.84 bits per heavy atom. The van der Waals surface area contributed by atoms with Crippen molar-refractivity contribution in [1.82, 2.24) is 10.3 Å². The van der Waals surface area contributed by atoms with E-state index in [2.05, 4.69) is 42.0 Å². The Hall–Kier alpha value is -1.09. The van der Waals surface area contributed by atoms with Crippen LogP contribution >= 0.6 is 0 Å². The number of pyridine rings is 1. The van der Waals surface area contributed by atoms with E-state index in [0.717, 1.165) is 25.7 Å². The molecule has 0 bridgehead atoms. The lowest BCUT2D eigenvalue weighted by atomic mass is 10.1. The SMILES string of the molecule is CCCN(c1cnccc1CNCC(C)C)C1CC1. The molecule has 1 aromatic heterocycles. The highest BCUT2D eigenvalue weighted by Gasteiger charge is 2.29. The molecule has 19 heavy (non-hydrogen) atoms. The van der Waals surface area contributed by atoms with Crippen molar-refractivity contribution in [2.75, 3.05) is 18.0 Å². The van der Waals surface area contributed by atoms with Crippen LogP contribution in [-0.2, 0) is 6.54 Å². The zero-order chi connectivity index (χ0) is 13.7. The molecule has 1 aliphatic rings. The number of anilines is 1. The molecule has 1 heterocycles. The molecular formula is C16H27N3. The Kier molecular flexibility index (Phi) is 5.20. The normalized spacial score (nSPS) is 14.9. The minimum atomic E-state index is 0.695. The van der Waals surface area contributed by atoms with Crippen LogP contribution in [0.1, 0.15) is 45.6 Å². The monoisotopic (exact) mass is 261 g/mol. The second kappa shape index (κ2) is 6.90. The van der Waals surface area contributed by atoms with E-state index in [9.17, 15) is 0 Å². The molecule has 0 saturated heterocycles. The summed E-state index contributed by atoms with van der Waals surface area (Å²) in [5.41, 5.74) is 2.72. The van der Waals surface area contributed by atoms with Gasteiger partial charge in [-0.05, 0) is 43.4 Å². The molecule has 3 nitrogen and oxygen atoms in total. The quantitative estimate of drug-likeness (QED) is 0.779. The summed E-state index contributed by atoms with van der Waals surface area (Å²) in [6, 6.07) is 2.92. The first-order valence-electron chi connectivity index (χ1n) is 7.62. The molecule has 0 atom stereocenters. The van der Waals surface area contributed by atoms with E-state index in [1.165, 1.54) is 30.5 Å². The van der Waals surface area contributed by atoms with E-state index in [1.54, 1.807) is 0 Å². The fraction of sp³-hybridized carbons (Fsp3) is 0.688. The van der Waals surface area contributed by atoms with E-state index in [-0.39, 0.29) is 0 Å². The van der Waals surface area contributed by atoms with Gasteiger partial charge in [-0.15, -0.1) is 0 Å². The van der Waals surface area contributed by atoms with E-state index < -0.39 is 0 Å². The summed E-state index contributed by atoms with van der Waals surface area (Å²) in [7, 11) is 0. The summed E-state index contributed by atoms with van der Waals surface area (Å²) in [5.74, 6) is 0.695. The minimum absolute atomic E-state index is 0.695. The van der Waals surface area contributed by atoms with Crippen LogP contribution in [0.5, 0.6) is 0 Å². The van der Waals surface area contributed by atoms with Crippen molar-refractivity contribution in [2.45, 2.75) is 52.6 Å². The molecule has 0 aliphatic heterocycles. The number of hydrogen-bond donors (Lipinski definition) is 1. The molecular weight excluding hydrogens is 234 g/mol. The largest absolute Gasteiger partial charge is 0.367 e. The lowest BCUT2D eigenvalue weighted by molar-refractivity contribution is 0.551. The molecule has 0 spiro atoms. The van der Waals surface area contributed by atoms with Gasteiger partial charge < -0.3 is 10.2 Å². The van der Waals surface area contributed by atoms with Crippen molar-refractivity contribution in [3.63, 3.8) is 0 Å². The van der Waals surface area contributed by atoms with Crippen molar-refractivity contribution in [3.8, 4) is 0 Å². The number of nitrogens with zero attached hydrogens (tertiary/aromatic N) is 2. The van der Waals surface area contributed by atoms with Gasteiger partial charge in [-0.1, -0.05) is 20.8 Å². The first-order valence-corrected chi connectivity index (χ1v) is 7.62. The van der Waals surface area contributed by atoms with Crippen molar-refractivity contribution in [1.29, 1.82) is 0 Å². The van der Waals surface area contributed by atoms with E-state index in [0.29, 0.717) is 5.92 Å². The van der Waals surface area contributed by atoms with Gasteiger partial charge in [0.15, 0.2) is 0 Å². The van der Waals surface area contributed by atoms with Crippen LogP contribution in [0.15, 0.2) is 18.5 Å². The van der Waals surface area contributed by atoms with Gasteiger partial charge in [0.2, 0.25) is 0 Å². The Labute approximate surface area is 117 Å². The predicted molar refractivity (Wildman–Crippen MR) is 81.4 cm³/mol. The van der Waals surface area contributed by atoms with E-state index in [4.69, 9.17) is 0 Å². The molecule has 106 valence electrons. The third kappa shape index (κ3) is 4.20. The molecule has 1 aliphatic carbocycles. The Balaban J connectivity index is 2.05. The average molecular weight is 261 g/mol. The van der Waals surface area contributed by atoms with Crippen molar-refractivity contribution < 1.29 is 0 Å². The second-order valence-electron chi connectivity index (χ2n) is 5.95. The summed E-state index contributed by atoms with van der Waals surface area (Å²) in [5, 5.41) is 3.54. The van der Waals surface area contributed by atoms with E-state index in [1.807, 2.05) is 12.4 Å². The van der Waals surface area contributed by atoms with Crippen LogP contribution in [0.2, 0.25) is 0 Å². The molecule has 1 N–H and O–H groups in total. The van der Waals surface area contributed by atoms with Crippen LogP contribution in [0.4, 0.5) is 5.69 Å². The molecule has 1 aromatic rings. The lowest BCUT2D eigenvalue weighted by Crippen LogP contribution is -2.29. The van der Waals surface area contributed by atoms with Crippen molar-refractivity contribution >= 4 is 5.69 Å². The van der Waals surface area contributed by atoms with E-state index >= 15 is 0 Å². The lowest BCUT2D eigenvalue weighted by Gasteiger charge is -2.26. The third-order valence-electron chi connectivity index (χ3n) is 3.52. The maximum absolute atomic E-state index is 4.33. The number of nitrogens with one attached hydrogen (secondary N) is 1. The predicted octanol–water partition coefficient (Wildman–Crippen LogP) is 3.21. The average Bonchev–Trinajstić information content (AvgIpc) is 3.21. The Bertz CT molecular complexity index is 385. The number of rotatable bonds is 8. The molecule has 1 saturated carbocycles. The molecule has 0 aromatic carbocycles. The summed E-state index contributed by atoms with van der Waals surface area (Å²) in [4.78, 5) is 6.89. The number of hydrogen-bond acceptors (Lipinski definition) is 3. The Morgan fingerprint density at radius 2 is 2.21 bits per heavy atom. The first kappa shape index (κ1) is 14.3. The van der Waals surface area contributed by atoms with Gasteiger partial charge in [-0.2, -0.15) is 0 Å². The van der Waals surface area contributed by atoms with Crippen molar-refractivity contribution in [2.24, 2.45) is 5.92 Å². The second-order valence-corrected chi connectivity index (χ2v) is 5.95. The highest BCUT2D eigenvalue weighted by molar-refractivity contribution is 5.53. The van der Waals surface area contributed by atoms with Gasteiger partial charge in [-0.3, -0.25) is 4.98 Å². The van der Waals surface area contributed by atoms with Crippen molar-refractivity contribution in [3.05, 3.63) is 24.0 Å². The van der Waals surface area contributed by atoms with Gasteiger partial charge in [0, 0.05) is 25.3 Å². The molecule has 1 fully saturated rings. The third-order valence-corrected chi connectivity index (χ3v) is 3.52. The summed E-state index contributed by atoms with van der Waals surface area (Å²) in [6.07, 6.45) is 7.83. The van der Waals surface area contributed by atoms with Gasteiger partial charge in [0.05, 0.1) is 11.9 Å². The number of aromatic nitrogens is 1. The first-order chi connectivity index (χ1) is 9.22. The zero-order valence-electron chi connectivity index (χ0n) is 12.5. The van der Waals surface area contributed by atoms with Gasteiger partial charge in [0.25, 0.3) is 0 Å². The fourth-order valence-electron chi connectivity index (χ4n) is 2.45. The topological polar surface area (TPSA) is 28.2 Å². The molecule has 0 unspecified atom stereocenters.